The molecule has 1 saturated carbocycles. The Bertz CT molecular complexity index is 928. The van der Waals surface area contributed by atoms with Gasteiger partial charge in [0.05, 0.1) is 30.3 Å². The lowest BCUT2D eigenvalue weighted by molar-refractivity contribution is -0.128. The zero-order valence-electron chi connectivity index (χ0n) is 21.5. The standard InChI is InChI=1S/C27H40BN2O3S/c1-6-18-13-20(14-18)30-23-15-19(28-33-25(2,3)26(4,5)34)7-8-22(23)27(24(30)31)9-11-29(12-10-27)21-16-32-17-21/h7-8,15,18,20-21,34H,6,9-14,16-17H2,1-5H3. The molecule has 3 aliphatic heterocycles. The van der Waals surface area contributed by atoms with Crippen LogP contribution in [0.25, 0.3) is 0 Å². The monoisotopic (exact) mass is 483 g/mol. The molecule has 5 nitrogen and oxygen atoms in total. The first kappa shape index (κ1) is 24.7. The maximum Gasteiger partial charge on any atom is 0.330 e. The van der Waals surface area contributed by atoms with Gasteiger partial charge < -0.3 is 14.3 Å². The van der Waals surface area contributed by atoms with Crippen LogP contribution in [-0.4, -0.2) is 67.0 Å². The number of hydrogen-bond acceptors (Lipinski definition) is 5. The molecule has 2 saturated heterocycles. The minimum Gasteiger partial charge on any atom is -0.428 e. The lowest BCUT2D eigenvalue weighted by Crippen LogP contribution is -2.57. The second kappa shape index (κ2) is 8.83. The van der Waals surface area contributed by atoms with Gasteiger partial charge in [0.15, 0.2) is 0 Å². The van der Waals surface area contributed by atoms with Gasteiger partial charge >= 0.3 is 7.48 Å². The first-order valence-corrected chi connectivity index (χ1v) is 13.5. The summed E-state index contributed by atoms with van der Waals surface area (Å²) in [7, 11) is 1.85. The summed E-state index contributed by atoms with van der Waals surface area (Å²) in [5, 5.41) is 0. The molecular weight excluding hydrogens is 443 g/mol. The van der Waals surface area contributed by atoms with E-state index in [-0.39, 0.29) is 10.2 Å². The van der Waals surface area contributed by atoms with Crippen molar-refractivity contribution in [3.63, 3.8) is 0 Å². The average Bonchev–Trinajstić information content (AvgIpc) is 2.94. The summed E-state index contributed by atoms with van der Waals surface area (Å²) < 4.78 is 11.3. The predicted molar refractivity (Wildman–Crippen MR) is 141 cm³/mol. The van der Waals surface area contributed by atoms with E-state index in [2.05, 4.69) is 62.6 Å². The van der Waals surface area contributed by atoms with E-state index in [0.717, 1.165) is 69.1 Å². The van der Waals surface area contributed by atoms with Gasteiger partial charge in [0, 0.05) is 16.5 Å². The van der Waals surface area contributed by atoms with Crippen molar-refractivity contribution in [1.82, 2.24) is 4.90 Å². The fraction of sp³-hybridized carbons (Fsp3) is 0.741. The molecule has 4 aliphatic rings. The number of likely N-dealkylation sites (tertiary alicyclic amines) is 1. The number of piperidine rings is 1. The summed E-state index contributed by atoms with van der Waals surface area (Å²) in [5.74, 6) is 1.08. The van der Waals surface area contributed by atoms with Gasteiger partial charge in [-0.05, 0) is 84.0 Å². The van der Waals surface area contributed by atoms with Crippen molar-refractivity contribution in [3.8, 4) is 0 Å². The normalized spacial score (nSPS) is 27.5. The molecule has 3 fully saturated rings. The Morgan fingerprint density at radius 2 is 1.82 bits per heavy atom. The minimum atomic E-state index is -0.424. The highest BCUT2D eigenvalue weighted by Gasteiger charge is 2.55. The molecule has 0 N–H and O–H groups in total. The number of amides is 1. The zero-order valence-corrected chi connectivity index (χ0v) is 22.4. The molecule has 1 amide bonds. The Kier molecular flexibility index (Phi) is 6.40. The fourth-order valence-corrected chi connectivity index (χ4v) is 5.89. The summed E-state index contributed by atoms with van der Waals surface area (Å²) in [4.78, 5) is 18.8. The molecule has 1 radical (unpaired) electrons. The van der Waals surface area contributed by atoms with Crippen LogP contribution in [0.3, 0.4) is 0 Å². The molecule has 0 aromatic heterocycles. The van der Waals surface area contributed by atoms with E-state index in [0.29, 0.717) is 18.0 Å². The van der Waals surface area contributed by atoms with Crippen molar-refractivity contribution in [2.24, 2.45) is 5.92 Å². The van der Waals surface area contributed by atoms with Gasteiger partial charge in [-0.1, -0.05) is 30.9 Å². The third-order valence-corrected chi connectivity index (χ3v) is 9.87. The second-order valence-electron chi connectivity index (χ2n) is 12.0. The molecule has 1 spiro atoms. The molecule has 1 aromatic rings. The van der Waals surface area contributed by atoms with Gasteiger partial charge in [0.1, 0.15) is 0 Å². The highest BCUT2D eigenvalue weighted by atomic mass is 32.1. The van der Waals surface area contributed by atoms with Gasteiger partial charge in [-0.25, -0.2) is 0 Å². The molecule has 1 aromatic carbocycles. The first-order chi connectivity index (χ1) is 16.1. The van der Waals surface area contributed by atoms with E-state index in [1.807, 2.05) is 7.48 Å². The van der Waals surface area contributed by atoms with Crippen molar-refractivity contribution in [2.45, 2.75) is 94.6 Å². The molecule has 1 aliphatic carbocycles. The second-order valence-corrected chi connectivity index (χ2v) is 13.1. The van der Waals surface area contributed by atoms with Crippen LogP contribution in [0, 0.1) is 5.92 Å². The Morgan fingerprint density at radius 1 is 1.15 bits per heavy atom. The van der Waals surface area contributed by atoms with E-state index in [4.69, 9.17) is 22.0 Å². The summed E-state index contributed by atoms with van der Waals surface area (Å²) in [6, 6.07) is 7.39. The molecule has 0 bridgehead atoms. The average molecular weight is 484 g/mol. The van der Waals surface area contributed by atoms with Gasteiger partial charge in [-0.2, -0.15) is 12.6 Å². The van der Waals surface area contributed by atoms with E-state index in [1.165, 1.54) is 12.0 Å². The quantitative estimate of drug-likeness (QED) is 0.475. The van der Waals surface area contributed by atoms with Crippen LogP contribution in [0.4, 0.5) is 5.69 Å². The van der Waals surface area contributed by atoms with Crippen molar-refractivity contribution in [1.29, 1.82) is 0 Å². The molecule has 0 unspecified atom stereocenters. The zero-order chi connectivity index (χ0) is 24.3. The Labute approximate surface area is 211 Å². The van der Waals surface area contributed by atoms with Crippen LogP contribution >= 0.6 is 12.6 Å². The first-order valence-electron chi connectivity index (χ1n) is 13.1. The van der Waals surface area contributed by atoms with Crippen molar-refractivity contribution in [3.05, 3.63) is 23.8 Å². The maximum atomic E-state index is 14.1. The van der Waals surface area contributed by atoms with Crippen LogP contribution in [0.2, 0.25) is 0 Å². The number of rotatable bonds is 7. The minimum absolute atomic E-state index is 0.285. The molecule has 0 atom stereocenters. The smallest absolute Gasteiger partial charge is 0.330 e. The van der Waals surface area contributed by atoms with Crippen LogP contribution in [0.5, 0.6) is 0 Å². The number of benzene rings is 1. The van der Waals surface area contributed by atoms with E-state index < -0.39 is 5.60 Å². The number of fused-ring (bicyclic) bond motifs is 2. The summed E-state index contributed by atoms with van der Waals surface area (Å²) in [6.07, 6.45) is 5.24. The number of carbonyl (C=O) groups excluding carboxylic acids is 1. The summed E-state index contributed by atoms with van der Waals surface area (Å²) in [5.41, 5.74) is 2.55. The molecule has 34 heavy (non-hydrogen) atoms. The summed E-state index contributed by atoms with van der Waals surface area (Å²) in [6.45, 7) is 14.1. The number of thiol groups is 1. The van der Waals surface area contributed by atoms with Crippen molar-refractivity contribution >= 4 is 37.2 Å². The third-order valence-electron chi connectivity index (χ3n) is 9.33. The highest BCUT2D eigenvalue weighted by Crippen LogP contribution is 2.51. The van der Waals surface area contributed by atoms with Crippen molar-refractivity contribution in [2.75, 3.05) is 31.2 Å². The van der Waals surface area contributed by atoms with Crippen LogP contribution < -0.4 is 10.4 Å². The molecule has 7 heteroatoms. The van der Waals surface area contributed by atoms with E-state index >= 15 is 0 Å². The molecule has 3 heterocycles. The van der Waals surface area contributed by atoms with Gasteiger partial charge in [-0.15, -0.1) is 0 Å². The largest absolute Gasteiger partial charge is 0.428 e. The number of hydrogen-bond donors (Lipinski definition) is 1. The van der Waals surface area contributed by atoms with Gasteiger partial charge in [0.25, 0.3) is 0 Å². The highest BCUT2D eigenvalue weighted by molar-refractivity contribution is 7.81. The predicted octanol–water partition coefficient (Wildman–Crippen LogP) is 3.70. The van der Waals surface area contributed by atoms with E-state index in [9.17, 15) is 4.79 Å². The SMILES string of the molecule is CCC1CC(N2C(=O)C3(CCN(C4COC4)CC3)c3ccc([B]OC(C)(C)C(C)(C)S)cc32)C1. The fourth-order valence-electron chi connectivity index (χ4n) is 5.84. The lowest BCUT2D eigenvalue weighted by Gasteiger charge is -2.45. The number of ether oxygens (including phenoxy) is 1. The lowest BCUT2D eigenvalue weighted by atomic mass is 9.72. The molecule has 5 rings (SSSR count). The van der Waals surface area contributed by atoms with Gasteiger partial charge in [-0.3, -0.25) is 9.69 Å². The number of anilines is 1. The Morgan fingerprint density at radius 3 is 2.38 bits per heavy atom. The Hall–Kier alpha value is -1.02. The van der Waals surface area contributed by atoms with Crippen LogP contribution in [0.15, 0.2) is 18.2 Å². The number of carbonyl (C=O) groups is 1. The topological polar surface area (TPSA) is 42.0 Å². The van der Waals surface area contributed by atoms with Crippen LogP contribution in [0.1, 0.15) is 72.3 Å². The van der Waals surface area contributed by atoms with Crippen molar-refractivity contribution < 1.29 is 14.2 Å². The maximum absolute atomic E-state index is 14.1. The van der Waals surface area contributed by atoms with Gasteiger partial charge in [0.2, 0.25) is 5.91 Å². The van der Waals surface area contributed by atoms with E-state index in [1.54, 1.807) is 0 Å². The third kappa shape index (κ3) is 4.05. The molecule has 185 valence electrons. The Balaban J connectivity index is 1.41. The summed E-state index contributed by atoms with van der Waals surface area (Å²) >= 11 is 4.73. The molecular formula is C27H40BN2O3S. The number of nitrogens with zero attached hydrogens (tertiary/aromatic N) is 2. The van der Waals surface area contributed by atoms with Crippen LogP contribution in [-0.2, 0) is 19.6 Å².